The van der Waals surface area contributed by atoms with E-state index in [4.69, 9.17) is 9.08 Å². The summed E-state index contributed by atoms with van der Waals surface area (Å²) in [4.78, 5) is 0. The minimum absolute atomic E-state index is 0.380. The topological polar surface area (TPSA) is 80.7 Å². The molecule has 2 atom stereocenters. The largest absolute Gasteiger partial charge is 0.332 e. The second-order valence-corrected chi connectivity index (χ2v) is 8.24. The molecule has 0 aliphatic carbocycles. The molecule has 5 nitrogen and oxygen atoms in total. The first-order chi connectivity index (χ1) is 7.70. The monoisotopic (exact) mass is 282 g/mol. The van der Waals surface area contributed by atoms with Crippen molar-refractivity contribution in [3.63, 3.8) is 0 Å². The number of hydrogen-bond donors (Lipinski definition) is 1. The molecular formula is C10H19O5PS. The Kier molecular flexibility index (Phi) is 7.03. The van der Waals surface area contributed by atoms with Crippen LogP contribution in [-0.4, -0.2) is 38.7 Å². The summed E-state index contributed by atoms with van der Waals surface area (Å²) >= 11 is 0. The molecule has 0 bridgehead atoms. The normalized spacial score (nSPS) is 16.7. The van der Waals surface area contributed by atoms with Gasteiger partial charge in [0.05, 0.1) is 5.75 Å². The van der Waals surface area contributed by atoms with Crippen LogP contribution in [0, 0.1) is 17.8 Å². The Morgan fingerprint density at radius 2 is 2.06 bits per heavy atom. The molecule has 0 rings (SSSR count). The number of hydrogen-bond acceptors (Lipinski definition) is 4. The van der Waals surface area contributed by atoms with Crippen molar-refractivity contribution in [3.05, 3.63) is 0 Å². The van der Waals surface area contributed by atoms with Gasteiger partial charge < -0.3 is 4.52 Å². The molecule has 1 N–H and O–H groups in total. The Labute approximate surface area is 103 Å². The highest BCUT2D eigenvalue weighted by atomic mass is 32.2. The molecule has 0 saturated carbocycles. The summed E-state index contributed by atoms with van der Waals surface area (Å²) in [6.45, 7) is 3.15. The average Bonchev–Trinajstić information content (AvgIpc) is 2.15. The fraction of sp³-hybridized carbons (Fsp3) is 0.800. The van der Waals surface area contributed by atoms with Gasteiger partial charge in [0.2, 0.25) is 0 Å². The zero-order valence-electron chi connectivity index (χ0n) is 10.3. The van der Waals surface area contributed by atoms with Crippen LogP contribution in [0.2, 0.25) is 0 Å². The smallest absolute Gasteiger partial charge is 0.266 e. The van der Waals surface area contributed by atoms with Crippen molar-refractivity contribution in [2.45, 2.75) is 19.8 Å². The summed E-state index contributed by atoms with van der Waals surface area (Å²) in [6.07, 6.45) is 1.41. The fourth-order valence-corrected chi connectivity index (χ4v) is 3.07. The van der Waals surface area contributed by atoms with E-state index in [0.29, 0.717) is 19.0 Å². The van der Waals surface area contributed by atoms with E-state index in [2.05, 4.69) is 11.8 Å². The molecular weight excluding hydrogens is 263 g/mol. The molecule has 0 aliphatic heterocycles. The van der Waals surface area contributed by atoms with Gasteiger partial charge in [-0.3, -0.25) is 9.12 Å². The van der Waals surface area contributed by atoms with Gasteiger partial charge in [-0.15, -0.1) is 5.92 Å². The molecule has 0 heterocycles. The zero-order valence-corrected chi connectivity index (χ0v) is 12.1. The highest BCUT2D eigenvalue weighted by molar-refractivity contribution is 7.85. The van der Waals surface area contributed by atoms with Gasteiger partial charge in [0.1, 0.15) is 0 Å². The van der Waals surface area contributed by atoms with Crippen LogP contribution in [0.15, 0.2) is 0 Å². The lowest BCUT2D eigenvalue weighted by Gasteiger charge is -2.12. The first-order valence-corrected chi connectivity index (χ1v) is 9.06. The molecule has 0 radical (unpaired) electrons. The van der Waals surface area contributed by atoms with Gasteiger partial charge in [0, 0.05) is 25.9 Å². The predicted molar refractivity (Wildman–Crippen MR) is 68.0 cm³/mol. The molecule has 0 aliphatic rings. The van der Waals surface area contributed by atoms with E-state index in [1.165, 1.54) is 13.8 Å². The molecule has 0 aromatic rings. The Bertz CT molecular complexity index is 431. The minimum Gasteiger partial charge on any atom is -0.332 e. The van der Waals surface area contributed by atoms with Gasteiger partial charge in [-0.25, -0.2) is 0 Å². The highest BCUT2D eigenvalue weighted by Gasteiger charge is 2.18. The van der Waals surface area contributed by atoms with E-state index in [1.807, 2.05) is 0 Å². The molecule has 0 saturated heterocycles. The average molecular weight is 282 g/mol. The summed E-state index contributed by atoms with van der Waals surface area (Å²) in [5, 5.41) is 0. The van der Waals surface area contributed by atoms with Crippen LogP contribution in [0.3, 0.4) is 0 Å². The van der Waals surface area contributed by atoms with E-state index in [1.54, 1.807) is 6.92 Å². The van der Waals surface area contributed by atoms with Crippen molar-refractivity contribution in [2.75, 3.05) is 25.7 Å². The van der Waals surface area contributed by atoms with E-state index >= 15 is 0 Å². The van der Waals surface area contributed by atoms with Gasteiger partial charge in [-0.1, -0.05) is 5.92 Å². The van der Waals surface area contributed by atoms with E-state index in [9.17, 15) is 13.0 Å². The lowest BCUT2D eigenvalue weighted by molar-refractivity contribution is 0.396. The highest BCUT2D eigenvalue weighted by Crippen LogP contribution is 2.42. The third kappa shape index (κ3) is 9.37. The van der Waals surface area contributed by atoms with Crippen molar-refractivity contribution in [2.24, 2.45) is 5.92 Å². The Morgan fingerprint density at radius 3 is 2.47 bits per heavy atom. The van der Waals surface area contributed by atoms with Gasteiger partial charge in [0.25, 0.3) is 10.1 Å². The van der Waals surface area contributed by atoms with Crippen molar-refractivity contribution < 1.29 is 22.1 Å². The maximum absolute atomic E-state index is 11.6. The maximum Gasteiger partial charge on any atom is 0.266 e. The maximum atomic E-state index is 11.6. The molecule has 7 heteroatoms. The van der Waals surface area contributed by atoms with Crippen molar-refractivity contribution in [1.82, 2.24) is 0 Å². The summed E-state index contributed by atoms with van der Waals surface area (Å²) in [7, 11) is -5.19. The summed E-state index contributed by atoms with van der Waals surface area (Å²) in [6, 6.07) is 0. The standard InChI is InChI=1S/C10H19O5PS/c1-4-6-10(9-17(12,13)14)7-5-8-16(3,11)15-2/h10H,5,7-9H2,1-3H3,(H,12,13,14). The second-order valence-electron chi connectivity index (χ2n) is 3.90. The van der Waals surface area contributed by atoms with Crippen LogP contribution in [0.1, 0.15) is 19.8 Å². The van der Waals surface area contributed by atoms with Crippen molar-refractivity contribution in [3.8, 4) is 11.8 Å². The quantitative estimate of drug-likeness (QED) is 0.438. The Balaban J connectivity index is 4.28. The predicted octanol–water partition coefficient (Wildman–Crippen LogP) is 1.85. The molecule has 0 spiro atoms. The summed E-state index contributed by atoms with van der Waals surface area (Å²) in [5.41, 5.74) is 0. The lowest BCUT2D eigenvalue weighted by atomic mass is 10.1. The van der Waals surface area contributed by atoms with Gasteiger partial charge >= 0.3 is 0 Å². The van der Waals surface area contributed by atoms with Crippen LogP contribution in [-0.2, 0) is 19.2 Å². The van der Waals surface area contributed by atoms with Crippen LogP contribution < -0.4 is 0 Å². The molecule has 0 aromatic heterocycles. The third-order valence-corrected chi connectivity index (χ3v) is 4.99. The Hall–Kier alpha value is -0.340. The molecule has 0 amide bonds. The van der Waals surface area contributed by atoms with Crippen molar-refractivity contribution in [1.29, 1.82) is 0 Å². The fourth-order valence-electron chi connectivity index (χ4n) is 1.37. The van der Waals surface area contributed by atoms with Gasteiger partial charge in [0.15, 0.2) is 7.37 Å². The first kappa shape index (κ1) is 16.7. The molecule has 0 aromatic carbocycles. The third-order valence-electron chi connectivity index (χ3n) is 2.26. The van der Waals surface area contributed by atoms with Crippen LogP contribution in [0.25, 0.3) is 0 Å². The molecule has 2 unspecified atom stereocenters. The molecule has 17 heavy (non-hydrogen) atoms. The van der Waals surface area contributed by atoms with Crippen LogP contribution in [0.4, 0.5) is 0 Å². The lowest BCUT2D eigenvalue weighted by Crippen LogP contribution is -2.14. The van der Waals surface area contributed by atoms with Gasteiger partial charge in [-0.2, -0.15) is 8.42 Å². The molecule has 0 fully saturated rings. The van der Waals surface area contributed by atoms with Gasteiger partial charge in [-0.05, 0) is 19.8 Å². The Morgan fingerprint density at radius 1 is 1.47 bits per heavy atom. The first-order valence-electron chi connectivity index (χ1n) is 5.20. The number of rotatable bonds is 7. The van der Waals surface area contributed by atoms with E-state index in [-0.39, 0.29) is 5.75 Å². The summed E-state index contributed by atoms with van der Waals surface area (Å²) < 4.78 is 46.6. The zero-order chi connectivity index (χ0) is 13.5. The summed E-state index contributed by atoms with van der Waals surface area (Å²) in [5.74, 6) is 4.55. The van der Waals surface area contributed by atoms with Crippen LogP contribution >= 0.6 is 7.37 Å². The van der Waals surface area contributed by atoms with Crippen LogP contribution in [0.5, 0.6) is 0 Å². The SMILES string of the molecule is CC#CC(CCCP(C)(=O)OC)CS(=O)(=O)O. The van der Waals surface area contributed by atoms with E-state index < -0.39 is 23.4 Å². The molecule has 100 valence electrons. The van der Waals surface area contributed by atoms with Crippen molar-refractivity contribution >= 4 is 17.5 Å². The minimum atomic E-state index is -4.02. The second kappa shape index (κ2) is 7.17. The van der Waals surface area contributed by atoms with E-state index in [0.717, 1.165) is 0 Å².